The zero-order valence-electron chi connectivity index (χ0n) is 20.8. The lowest BCUT2D eigenvalue weighted by molar-refractivity contribution is 0.0526. The van der Waals surface area contributed by atoms with Gasteiger partial charge in [0.25, 0.3) is 5.91 Å². The fourth-order valence-electron chi connectivity index (χ4n) is 3.20. The zero-order chi connectivity index (χ0) is 24.4. The number of thiazole rings is 1. The average Bonchev–Trinajstić information content (AvgIpc) is 3.02. The molecule has 0 aliphatic heterocycles. The summed E-state index contributed by atoms with van der Waals surface area (Å²) in [6, 6.07) is 5.82. The van der Waals surface area contributed by atoms with Gasteiger partial charge in [-0.05, 0) is 72.1 Å². The Morgan fingerprint density at radius 2 is 1.67 bits per heavy atom. The van der Waals surface area contributed by atoms with Crippen LogP contribution in [-0.4, -0.2) is 35.7 Å². The van der Waals surface area contributed by atoms with E-state index < -0.39 is 5.60 Å². The Labute approximate surface area is 201 Å². The number of amides is 2. The number of rotatable bonds is 11. The lowest BCUT2D eigenvalue weighted by Gasteiger charge is -2.19. The number of alkyl carbamates (subject to hydrolysis) is 1. The number of carbonyl (C=O) groups excluding carboxylic acids is 2. The van der Waals surface area contributed by atoms with Crippen molar-refractivity contribution in [2.75, 3.05) is 23.7 Å². The van der Waals surface area contributed by atoms with Gasteiger partial charge >= 0.3 is 6.09 Å². The van der Waals surface area contributed by atoms with Crippen LogP contribution in [0.2, 0.25) is 0 Å². The van der Waals surface area contributed by atoms with Gasteiger partial charge in [-0.1, -0.05) is 25.3 Å². The van der Waals surface area contributed by atoms with E-state index in [4.69, 9.17) is 4.74 Å². The first-order chi connectivity index (χ1) is 15.5. The highest BCUT2D eigenvalue weighted by Crippen LogP contribution is 2.24. The quantitative estimate of drug-likeness (QED) is 0.337. The SMILES string of the molecule is Cc1ccc(C(=O)Nc2nc(C)c(C)s2)c(NCCCCCCCNC(=O)OC(C)(C)C)c1. The van der Waals surface area contributed by atoms with Gasteiger partial charge in [0.05, 0.1) is 11.3 Å². The summed E-state index contributed by atoms with van der Waals surface area (Å²) in [5.41, 5.74) is 3.05. The van der Waals surface area contributed by atoms with Crippen molar-refractivity contribution in [1.82, 2.24) is 10.3 Å². The number of aromatic nitrogens is 1. The fraction of sp³-hybridized carbons (Fsp3) is 0.560. The van der Waals surface area contributed by atoms with Gasteiger partial charge in [-0.2, -0.15) is 0 Å². The van der Waals surface area contributed by atoms with Crippen LogP contribution in [-0.2, 0) is 4.74 Å². The third-order valence-corrected chi connectivity index (χ3v) is 5.99. The van der Waals surface area contributed by atoms with Crippen molar-refractivity contribution in [2.45, 2.75) is 79.2 Å². The Morgan fingerprint density at radius 1 is 1.00 bits per heavy atom. The van der Waals surface area contributed by atoms with Crippen molar-refractivity contribution in [3.63, 3.8) is 0 Å². The maximum absolute atomic E-state index is 12.8. The summed E-state index contributed by atoms with van der Waals surface area (Å²) >= 11 is 1.49. The van der Waals surface area contributed by atoms with E-state index in [0.717, 1.165) is 60.5 Å². The first-order valence-electron chi connectivity index (χ1n) is 11.6. The van der Waals surface area contributed by atoms with Crippen LogP contribution >= 0.6 is 11.3 Å². The summed E-state index contributed by atoms with van der Waals surface area (Å²) in [7, 11) is 0. The predicted octanol–water partition coefficient (Wildman–Crippen LogP) is 6.21. The van der Waals surface area contributed by atoms with Crippen LogP contribution < -0.4 is 16.0 Å². The average molecular weight is 475 g/mol. The molecular formula is C25H38N4O3S. The number of nitrogens with one attached hydrogen (secondary N) is 3. The third-order valence-electron chi connectivity index (χ3n) is 5.01. The number of anilines is 2. The molecule has 3 N–H and O–H groups in total. The topological polar surface area (TPSA) is 92.4 Å². The number of carbonyl (C=O) groups is 2. The molecule has 0 aliphatic rings. The normalized spacial score (nSPS) is 11.2. The molecule has 1 aromatic carbocycles. The molecule has 2 aromatic rings. The Bertz CT molecular complexity index is 915. The van der Waals surface area contributed by atoms with E-state index in [-0.39, 0.29) is 12.0 Å². The fourth-order valence-corrected chi connectivity index (χ4v) is 4.01. The Balaban J connectivity index is 1.70. The van der Waals surface area contributed by atoms with Crippen LogP contribution in [0.15, 0.2) is 18.2 Å². The molecule has 0 aliphatic carbocycles. The monoisotopic (exact) mass is 474 g/mol. The number of hydrogen-bond donors (Lipinski definition) is 3. The van der Waals surface area contributed by atoms with Crippen molar-refractivity contribution in [2.24, 2.45) is 0 Å². The van der Waals surface area contributed by atoms with Crippen molar-refractivity contribution in [3.05, 3.63) is 39.9 Å². The van der Waals surface area contributed by atoms with Gasteiger partial charge in [0, 0.05) is 23.7 Å². The highest BCUT2D eigenvalue weighted by atomic mass is 32.1. The minimum absolute atomic E-state index is 0.149. The molecule has 0 unspecified atom stereocenters. The maximum Gasteiger partial charge on any atom is 0.407 e. The van der Waals surface area contributed by atoms with E-state index in [2.05, 4.69) is 20.9 Å². The van der Waals surface area contributed by atoms with E-state index in [9.17, 15) is 9.59 Å². The molecule has 1 heterocycles. The van der Waals surface area contributed by atoms with E-state index in [0.29, 0.717) is 17.2 Å². The molecule has 2 rings (SSSR count). The van der Waals surface area contributed by atoms with Crippen molar-refractivity contribution >= 4 is 34.2 Å². The molecule has 0 radical (unpaired) electrons. The van der Waals surface area contributed by atoms with Crippen LogP contribution in [0.4, 0.5) is 15.6 Å². The molecule has 2 amide bonds. The second-order valence-electron chi connectivity index (χ2n) is 9.29. The second-order valence-corrected chi connectivity index (χ2v) is 10.5. The maximum atomic E-state index is 12.8. The van der Waals surface area contributed by atoms with E-state index >= 15 is 0 Å². The van der Waals surface area contributed by atoms with Gasteiger partial charge in [0.2, 0.25) is 0 Å². The van der Waals surface area contributed by atoms with Crippen LogP contribution in [0.3, 0.4) is 0 Å². The largest absolute Gasteiger partial charge is 0.444 e. The number of benzene rings is 1. The van der Waals surface area contributed by atoms with Crippen LogP contribution in [0.5, 0.6) is 0 Å². The first-order valence-corrected chi connectivity index (χ1v) is 12.4. The summed E-state index contributed by atoms with van der Waals surface area (Å²) in [5, 5.41) is 9.76. The van der Waals surface area contributed by atoms with Gasteiger partial charge in [-0.3, -0.25) is 10.1 Å². The summed E-state index contributed by atoms with van der Waals surface area (Å²) in [5.74, 6) is -0.149. The molecule has 182 valence electrons. The zero-order valence-corrected chi connectivity index (χ0v) is 21.6. The van der Waals surface area contributed by atoms with Crippen molar-refractivity contribution in [3.8, 4) is 0 Å². The number of aryl methyl sites for hydroxylation is 3. The molecule has 33 heavy (non-hydrogen) atoms. The lowest BCUT2D eigenvalue weighted by atomic mass is 10.1. The highest BCUT2D eigenvalue weighted by Gasteiger charge is 2.16. The smallest absolute Gasteiger partial charge is 0.407 e. The standard InChI is InChI=1S/C25H38N4O3S/c1-17-12-13-20(22(30)29-23-28-18(2)19(3)33-23)21(16-17)26-14-10-8-7-9-11-15-27-24(31)32-25(4,5)6/h12-13,16,26H,7-11,14-15H2,1-6H3,(H,27,31)(H,28,29,30). The molecule has 0 bridgehead atoms. The summed E-state index contributed by atoms with van der Waals surface area (Å²) < 4.78 is 5.22. The van der Waals surface area contributed by atoms with Gasteiger partial charge < -0.3 is 15.4 Å². The Hall–Kier alpha value is -2.61. The lowest BCUT2D eigenvalue weighted by Crippen LogP contribution is -2.32. The van der Waals surface area contributed by atoms with Gasteiger partial charge in [-0.15, -0.1) is 11.3 Å². The minimum Gasteiger partial charge on any atom is -0.444 e. The van der Waals surface area contributed by atoms with Gasteiger partial charge in [0.1, 0.15) is 5.60 Å². The Kier molecular flexibility index (Phi) is 10.2. The van der Waals surface area contributed by atoms with Crippen molar-refractivity contribution < 1.29 is 14.3 Å². The number of nitrogens with zero attached hydrogens (tertiary/aromatic N) is 1. The molecule has 0 saturated heterocycles. The molecular weight excluding hydrogens is 436 g/mol. The van der Waals surface area contributed by atoms with Gasteiger partial charge in [0.15, 0.2) is 5.13 Å². The number of unbranched alkanes of at least 4 members (excludes halogenated alkanes) is 4. The second kappa shape index (κ2) is 12.6. The number of hydrogen-bond acceptors (Lipinski definition) is 6. The molecule has 0 atom stereocenters. The van der Waals surface area contributed by atoms with Crippen LogP contribution in [0.1, 0.15) is 79.4 Å². The number of ether oxygens (including phenoxy) is 1. The van der Waals surface area contributed by atoms with E-state index in [1.54, 1.807) is 0 Å². The summed E-state index contributed by atoms with van der Waals surface area (Å²) in [4.78, 5) is 29.9. The highest BCUT2D eigenvalue weighted by molar-refractivity contribution is 7.15. The van der Waals surface area contributed by atoms with E-state index in [1.165, 1.54) is 11.3 Å². The summed E-state index contributed by atoms with van der Waals surface area (Å²) in [6.45, 7) is 13.0. The summed E-state index contributed by atoms with van der Waals surface area (Å²) in [6.07, 6.45) is 4.83. The molecule has 7 nitrogen and oxygen atoms in total. The van der Waals surface area contributed by atoms with Gasteiger partial charge in [-0.25, -0.2) is 9.78 Å². The van der Waals surface area contributed by atoms with Crippen molar-refractivity contribution in [1.29, 1.82) is 0 Å². The Morgan fingerprint density at radius 3 is 2.30 bits per heavy atom. The first kappa shape index (κ1) is 26.6. The molecule has 0 saturated carbocycles. The molecule has 1 aromatic heterocycles. The molecule has 8 heteroatoms. The molecule has 0 fully saturated rings. The predicted molar refractivity (Wildman–Crippen MR) is 137 cm³/mol. The van der Waals surface area contributed by atoms with E-state index in [1.807, 2.05) is 59.7 Å². The minimum atomic E-state index is -0.464. The molecule has 0 spiro atoms. The van der Waals surface area contributed by atoms with Crippen LogP contribution in [0, 0.1) is 20.8 Å². The van der Waals surface area contributed by atoms with Crippen LogP contribution in [0.25, 0.3) is 0 Å². The third kappa shape index (κ3) is 9.82.